The smallest absolute Gasteiger partial charge is 0.236 e. The minimum Gasteiger partial charge on any atom is -0.494 e. The number of allylic oxidation sites excluding steroid dienone is 7. The van der Waals surface area contributed by atoms with Crippen molar-refractivity contribution in [1.82, 2.24) is 10.3 Å². The third-order valence-electron chi connectivity index (χ3n) is 5.44. The molecule has 1 aromatic heterocycles. The summed E-state index contributed by atoms with van der Waals surface area (Å²) < 4.78 is 21.6. The van der Waals surface area contributed by atoms with Crippen molar-refractivity contribution in [1.29, 1.82) is 0 Å². The highest BCUT2D eigenvalue weighted by Crippen LogP contribution is 2.34. The van der Waals surface area contributed by atoms with Gasteiger partial charge < -0.3 is 14.8 Å². The Kier molecular flexibility index (Phi) is 7.34. The summed E-state index contributed by atoms with van der Waals surface area (Å²) in [5, 5.41) is 3.24. The SMILES string of the molecule is C=[N+](Cc1cccnc1)C1C(OC)=CC(C2C=C(F)C=CC2)=CC1=C(C)NC(C)C=O. The maximum atomic E-state index is 13.9. The summed E-state index contributed by atoms with van der Waals surface area (Å²) in [5.41, 5.74) is 3.76. The first-order valence-corrected chi connectivity index (χ1v) is 10.3. The number of nitrogens with one attached hydrogen (secondary N) is 1. The number of hydrogen-bond acceptors (Lipinski definition) is 4. The third-order valence-corrected chi connectivity index (χ3v) is 5.44. The molecule has 0 amide bonds. The van der Waals surface area contributed by atoms with E-state index in [-0.39, 0.29) is 23.8 Å². The Morgan fingerprint density at radius 3 is 2.94 bits per heavy atom. The second-order valence-corrected chi connectivity index (χ2v) is 7.85. The molecule has 1 aromatic rings. The van der Waals surface area contributed by atoms with Gasteiger partial charge in [-0.2, -0.15) is 0 Å². The van der Waals surface area contributed by atoms with E-state index in [0.717, 1.165) is 34.5 Å². The van der Waals surface area contributed by atoms with Crippen molar-refractivity contribution in [3.8, 4) is 0 Å². The molecule has 0 aliphatic heterocycles. The fourth-order valence-electron chi connectivity index (χ4n) is 3.92. The topological polar surface area (TPSA) is 54.2 Å². The average molecular weight is 423 g/mol. The molecule has 6 heteroatoms. The van der Waals surface area contributed by atoms with Crippen molar-refractivity contribution < 1.29 is 18.5 Å². The van der Waals surface area contributed by atoms with Crippen LogP contribution in [0.5, 0.6) is 0 Å². The maximum absolute atomic E-state index is 13.9. The van der Waals surface area contributed by atoms with Crippen molar-refractivity contribution in [2.75, 3.05) is 7.11 Å². The normalized spacial score (nSPS) is 23.2. The zero-order chi connectivity index (χ0) is 22.4. The standard InChI is InChI=1S/C25H29FN3O2/c1-17(16-30)28-18(2)23-12-21(20-8-5-9-22(26)11-20)13-24(31-4)25(23)29(3)15-19-7-6-10-27-14-19/h5-7,9-14,16-17,20,25,28H,3,8,15H2,1-2,4H3/q+1. The van der Waals surface area contributed by atoms with E-state index >= 15 is 0 Å². The number of carbonyl (C=O) groups is 1. The van der Waals surface area contributed by atoms with Gasteiger partial charge in [0.1, 0.15) is 18.8 Å². The molecule has 1 N–H and O–H groups in total. The second kappa shape index (κ2) is 10.2. The Labute approximate surface area is 183 Å². The Bertz CT molecular complexity index is 989. The van der Waals surface area contributed by atoms with Crippen molar-refractivity contribution in [2.45, 2.75) is 38.9 Å². The molecule has 2 aliphatic carbocycles. The predicted molar refractivity (Wildman–Crippen MR) is 120 cm³/mol. The predicted octanol–water partition coefficient (Wildman–Crippen LogP) is 4.01. The van der Waals surface area contributed by atoms with E-state index in [4.69, 9.17) is 4.74 Å². The van der Waals surface area contributed by atoms with Crippen LogP contribution in [0.15, 0.2) is 83.3 Å². The molecule has 0 saturated heterocycles. The number of aromatic nitrogens is 1. The number of nitrogens with zero attached hydrogens (tertiary/aromatic N) is 2. The number of carbonyl (C=O) groups excluding carboxylic acids is 1. The Morgan fingerprint density at radius 1 is 1.48 bits per heavy atom. The van der Waals surface area contributed by atoms with Crippen LogP contribution in [0.3, 0.4) is 0 Å². The van der Waals surface area contributed by atoms with Crippen LogP contribution in [-0.4, -0.2) is 41.8 Å². The number of halogens is 1. The fraction of sp³-hybridized carbons (Fsp3) is 0.320. The van der Waals surface area contributed by atoms with Crippen molar-refractivity contribution in [2.24, 2.45) is 5.92 Å². The average Bonchev–Trinajstić information content (AvgIpc) is 2.78. The van der Waals surface area contributed by atoms with Crippen LogP contribution in [0.25, 0.3) is 0 Å². The van der Waals surface area contributed by atoms with Crippen molar-refractivity contribution in [3.05, 3.63) is 88.9 Å². The van der Waals surface area contributed by atoms with Gasteiger partial charge in [0.25, 0.3) is 0 Å². The maximum Gasteiger partial charge on any atom is 0.236 e. The van der Waals surface area contributed by atoms with E-state index in [1.54, 1.807) is 26.3 Å². The minimum atomic E-state index is -0.339. The minimum absolute atomic E-state index is 0.0843. The Morgan fingerprint density at radius 2 is 2.29 bits per heavy atom. The molecule has 1 heterocycles. The molecule has 3 rings (SSSR count). The van der Waals surface area contributed by atoms with E-state index in [1.807, 2.05) is 42.0 Å². The van der Waals surface area contributed by atoms with Crippen LogP contribution >= 0.6 is 0 Å². The molecule has 0 aromatic carbocycles. The van der Waals surface area contributed by atoms with Gasteiger partial charge in [-0.1, -0.05) is 6.08 Å². The van der Waals surface area contributed by atoms with Gasteiger partial charge in [-0.25, -0.2) is 8.97 Å². The molecule has 162 valence electrons. The van der Waals surface area contributed by atoms with Crippen LogP contribution < -0.4 is 5.32 Å². The first kappa shape index (κ1) is 22.4. The molecule has 31 heavy (non-hydrogen) atoms. The first-order valence-electron chi connectivity index (χ1n) is 10.3. The zero-order valence-electron chi connectivity index (χ0n) is 18.2. The molecular formula is C25H29FN3O2+. The lowest BCUT2D eigenvalue weighted by atomic mass is 9.84. The van der Waals surface area contributed by atoms with E-state index in [2.05, 4.69) is 23.1 Å². The molecule has 0 saturated carbocycles. The van der Waals surface area contributed by atoms with Gasteiger partial charge >= 0.3 is 0 Å². The fourth-order valence-corrected chi connectivity index (χ4v) is 3.92. The lowest BCUT2D eigenvalue weighted by molar-refractivity contribution is -0.559. The largest absolute Gasteiger partial charge is 0.494 e. The Hall–Kier alpha value is -3.28. The highest BCUT2D eigenvalue weighted by molar-refractivity contribution is 5.58. The van der Waals surface area contributed by atoms with Crippen LogP contribution in [0.2, 0.25) is 0 Å². The molecule has 3 atom stereocenters. The molecule has 2 aliphatic rings. The van der Waals surface area contributed by atoms with E-state index in [0.29, 0.717) is 13.0 Å². The monoisotopic (exact) mass is 422 g/mol. The molecule has 0 radical (unpaired) electrons. The highest BCUT2D eigenvalue weighted by atomic mass is 19.1. The molecule has 0 bridgehead atoms. The second-order valence-electron chi connectivity index (χ2n) is 7.85. The van der Waals surface area contributed by atoms with E-state index in [1.165, 1.54) is 6.08 Å². The van der Waals surface area contributed by atoms with E-state index < -0.39 is 0 Å². The van der Waals surface area contributed by atoms with Crippen LogP contribution in [0, 0.1) is 5.92 Å². The van der Waals surface area contributed by atoms with Crippen LogP contribution in [0.1, 0.15) is 25.8 Å². The molecule has 3 unspecified atom stereocenters. The van der Waals surface area contributed by atoms with Gasteiger partial charge in [-0.3, -0.25) is 4.98 Å². The summed E-state index contributed by atoms with van der Waals surface area (Å²) in [6, 6.07) is 3.28. The number of aldehydes is 1. The van der Waals surface area contributed by atoms with Crippen molar-refractivity contribution >= 4 is 13.0 Å². The number of methoxy groups -OCH3 is 1. The third kappa shape index (κ3) is 5.45. The Balaban J connectivity index is 2.02. The van der Waals surface area contributed by atoms with Crippen LogP contribution in [0.4, 0.5) is 4.39 Å². The van der Waals surface area contributed by atoms with Gasteiger partial charge in [0.05, 0.1) is 13.2 Å². The first-order chi connectivity index (χ1) is 14.9. The van der Waals surface area contributed by atoms with Gasteiger partial charge in [-0.05, 0) is 62.3 Å². The quantitative estimate of drug-likeness (QED) is 0.391. The molecule has 5 nitrogen and oxygen atoms in total. The summed E-state index contributed by atoms with van der Waals surface area (Å²) in [4.78, 5) is 15.4. The van der Waals surface area contributed by atoms with Crippen LogP contribution in [-0.2, 0) is 16.1 Å². The summed E-state index contributed by atoms with van der Waals surface area (Å²) in [7, 11) is 1.63. The number of ether oxygens (including phenoxy) is 1. The van der Waals surface area contributed by atoms with Gasteiger partial charge in [-0.15, -0.1) is 0 Å². The van der Waals surface area contributed by atoms with Gasteiger partial charge in [0, 0.05) is 35.1 Å². The summed E-state index contributed by atoms with van der Waals surface area (Å²) in [6.07, 6.45) is 14.1. The molecule has 0 fully saturated rings. The number of rotatable bonds is 8. The summed E-state index contributed by atoms with van der Waals surface area (Å²) in [5.74, 6) is 0.394. The van der Waals surface area contributed by atoms with Gasteiger partial charge in [0.15, 0.2) is 12.3 Å². The zero-order valence-corrected chi connectivity index (χ0v) is 18.2. The lowest BCUT2D eigenvalue weighted by Crippen LogP contribution is -2.35. The number of pyridine rings is 1. The highest BCUT2D eigenvalue weighted by Gasteiger charge is 2.35. The van der Waals surface area contributed by atoms with Gasteiger partial charge in [0.2, 0.25) is 6.04 Å². The molecule has 0 spiro atoms. The number of hydrogen-bond donors (Lipinski definition) is 1. The summed E-state index contributed by atoms with van der Waals surface area (Å²) in [6.45, 7) is 8.57. The molecular weight excluding hydrogens is 393 g/mol. The van der Waals surface area contributed by atoms with E-state index in [9.17, 15) is 9.18 Å². The lowest BCUT2D eigenvalue weighted by Gasteiger charge is -2.28. The summed E-state index contributed by atoms with van der Waals surface area (Å²) >= 11 is 0. The van der Waals surface area contributed by atoms with Crippen molar-refractivity contribution in [3.63, 3.8) is 0 Å².